The molecule has 1 amide bonds. The number of hydrogen-bond donors (Lipinski definition) is 1. The number of aromatic nitrogens is 2. The molecule has 3 saturated heterocycles. The molecule has 11 nitrogen and oxygen atoms in total. The molecule has 1 aliphatic carbocycles. The standard InChI is InChI=1S/C31H43FN6O5S/c1-21(2)38(24-6-7-24)30(39)26-14-22(32)4-9-27(26)43-28-15-33-20-34-29(28)37-18-31(19-37)10-12-36(13-11-31)16-25-8-5-23(17-42-25)35-44(3,40)41/h4,9,14-15,20-21,23-25,35H,5-8,10-13,16-19H2,1-3H3/t23-,25+/m1/s1. The number of likely N-dealkylation sites (tertiary alicyclic amines) is 1. The van der Waals surface area contributed by atoms with E-state index in [9.17, 15) is 17.6 Å². The average Bonchev–Trinajstić information content (AvgIpc) is 3.79. The number of benzene rings is 1. The quantitative estimate of drug-likeness (QED) is 0.422. The highest BCUT2D eigenvalue weighted by molar-refractivity contribution is 7.88. The van der Waals surface area contributed by atoms with Crippen LogP contribution >= 0.6 is 0 Å². The van der Waals surface area contributed by atoms with Crippen molar-refractivity contribution in [1.82, 2.24) is 24.5 Å². The minimum atomic E-state index is -3.22. The molecule has 0 unspecified atom stereocenters. The number of hydrogen-bond acceptors (Lipinski definition) is 9. The highest BCUT2D eigenvalue weighted by Gasteiger charge is 2.46. The topological polar surface area (TPSA) is 117 Å². The Morgan fingerprint density at radius 3 is 2.57 bits per heavy atom. The van der Waals surface area contributed by atoms with Crippen LogP contribution in [0.25, 0.3) is 0 Å². The van der Waals surface area contributed by atoms with Crippen molar-refractivity contribution in [3.05, 3.63) is 42.1 Å². The zero-order chi connectivity index (χ0) is 31.1. The number of anilines is 1. The van der Waals surface area contributed by atoms with Crippen molar-refractivity contribution in [3.8, 4) is 11.5 Å². The van der Waals surface area contributed by atoms with Crippen LogP contribution < -0.4 is 14.4 Å². The number of nitrogens with zero attached hydrogens (tertiary/aromatic N) is 5. The Morgan fingerprint density at radius 1 is 1.18 bits per heavy atom. The number of carbonyl (C=O) groups excluding carboxylic acids is 1. The maximum Gasteiger partial charge on any atom is 0.258 e. The highest BCUT2D eigenvalue weighted by atomic mass is 32.2. The van der Waals surface area contributed by atoms with E-state index in [1.165, 1.54) is 30.8 Å². The van der Waals surface area contributed by atoms with Gasteiger partial charge in [-0.2, -0.15) is 0 Å². The summed E-state index contributed by atoms with van der Waals surface area (Å²) in [5.41, 5.74) is 0.410. The molecule has 6 rings (SSSR count). The van der Waals surface area contributed by atoms with Crippen LogP contribution in [0.5, 0.6) is 11.5 Å². The van der Waals surface area contributed by atoms with Crippen LogP contribution in [0.2, 0.25) is 0 Å². The predicted octanol–water partition coefficient (Wildman–Crippen LogP) is 3.42. The third-order valence-electron chi connectivity index (χ3n) is 9.26. The molecule has 1 spiro atoms. The molecular weight excluding hydrogens is 587 g/mol. The van der Waals surface area contributed by atoms with Crippen molar-refractivity contribution in [1.29, 1.82) is 0 Å². The molecule has 4 heterocycles. The predicted molar refractivity (Wildman–Crippen MR) is 164 cm³/mol. The molecule has 1 aromatic heterocycles. The van der Waals surface area contributed by atoms with Gasteiger partial charge in [0.05, 0.1) is 30.7 Å². The van der Waals surface area contributed by atoms with Gasteiger partial charge in [-0.15, -0.1) is 0 Å². The van der Waals surface area contributed by atoms with Crippen LogP contribution in [0.3, 0.4) is 0 Å². The van der Waals surface area contributed by atoms with Gasteiger partial charge in [-0.05, 0) is 83.7 Å². The lowest BCUT2D eigenvalue weighted by Crippen LogP contribution is -2.61. The monoisotopic (exact) mass is 630 g/mol. The summed E-state index contributed by atoms with van der Waals surface area (Å²) in [6.07, 6.45) is 10.1. The van der Waals surface area contributed by atoms with E-state index in [4.69, 9.17) is 9.47 Å². The first-order valence-corrected chi connectivity index (χ1v) is 17.5. The molecule has 0 bridgehead atoms. The Hall–Kier alpha value is -2.87. The Labute approximate surface area is 259 Å². The molecule has 44 heavy (non-hydrogen) atoms. The largest absolute Gasteiger partial charge is 0.451 e. The maximum absolute atomic E-state index is 14.3. The van der Waals surface area contributed by atoms with E-state index in [1.807, 2.05) is 18.7 Å². The molecule has 3 aliphatic heterocycles. The zero-order valence-corrected chi connectivity index (χ0v) is 26.6. The summed E-state index contributed by atoms with van der Waals surface area (Å²) in [6.45, 7) is 8.91. The number of carbonyl (C=O) groups is 1. The molecule has 13 heteroatoms. The van der Waals surface area contributed by atoms with Crippen LogP contribution in [0, 0.1) is 11.2 Å². The first-order chi connectivity index (χ1) is 21.0. The lowest BCUT2D eigenvalue weighted by atomic mass is 9.72. The minimum absolute atomic E-state index is 0.00258. The smallest absolute Gasteiger partial charge is 0.258 e. The van der Waals surface area contributed by atoms with Gasteiger partial charge in [0, 0.05) is 43.2 Å². The van der Waals surface area contributed by atoms with Crippen molar-refractivity contribution >= 4 is 21.7 Å². The van der Waals surface area contributed by atoms with Crippen LogP contribution in [0.1, 0.15) is 62.7 Å². The summed E-state index contributed by atoms with van der Waals surface area (Å²) in [4.78, 5) is 28.7. The molecule has 240 valence electrons. The third kappa shape index (κ3) is 7.16. The average molecular weight is 631 g/mol. The maximum atomic E-state index is 14.3. The molecule has 4 fully saturated rings. The fourth-order valence-corrected chi connectivity index (χ4v) is 7.67. The van der Waals surface area contributed by atoms with Gasteiger partial charge in [0.2, 0.25) is 10.0 Å². The van der Waals surface area contributed by atoms with Gasteiger partial charge < -0.3 is 24.2 Å². The van der Waals surface area contributed by atoms with Crippen molar-refractivity contribution in [2.45, 2.75) is 76.6 Å². The van der Waals surface area contributed by atoms with Gasteiger partial charge in [0.25, 0.3) is 5.91 Å². The lowest BCUT2D eigenvalue weighted by molar-refractivity contribution is -0.0299. The molecule has 2 atom stereocenters. The Kier molecular flexibility index (Phi) is 8.84. The summed E-state index contributed by atoms with van der Waals surface area (Å²) in [6, 6.07) is 4.12. The number of ether oxygens (including phenoxy) is 2. The van der Waals surface area contributed by atoms with E-state index < -0.39 is 15.8 Å². The fraction of sp³-hybridized carbons (Fsp3) is 0.645. The number of amides is 1. The first kappa shape index (κ1) is 31.1. The van der Waals surface area contributed by atoms with Crippen molar-refractivity contribution < 1.29 is 27.1 Å². The van der Waals surface area contributed by atoms with Gasteiger partial charge in [0.1, 0.15) is 17.9 Å². The second kappa shape index (κ2) is 12.5. The molecule has 2 aromatic rings. The molecule has 1 aromatic carbocycles. The number of rotatable bonds is 10. The SMILES string of the molecule is CC(C)N(C(=O)c1cc(F)ccc1Oc1cncnc1N1CC2(CCN(C[C@@H]3CC[C@@H](NS(C)(=O)=O)CO3)CC2)C1)C1CC1. The van der Waals surface area contributed by atoms with Crippen LogP contribution in [-0.2, 0) is 14.8 Å². The highest BCUT2D eigenvalue weighted by Crippen LogP contribution is 2.45. The molecular formula is C31H43FN6O5S. The second-order valence-corrected chi connectivity index (χ2v) is 15.0. The summed E-state index contributed by atoms with van der Waals surface area (Å²) in [5, 5.41) is 0. The van der Waals surface area contributed by atoms with Crippen LogP contribution in [0.4, 0.5) is 10.2 Å². The number of piperidine rings is 1. The number of halogens is 1. The number of nitrogens with one attached hydrogen (secondary N) is 1. The Bertz CT molecular complexity index is 1450. The van der Waals surface area contributed by atoms with E-state index >= 15 is 0 Å². The van der Waals surface area contributed by atoms with E-state index in [0.29, 0.717) is 23.9 Å². The van der Waals surface area contributed by atoms with Crippen molar-refractivity contribution in [3.63, 3.8) is 0 Å². The van der Waals surface area contributed by atoms with E-state index in [-0.39, 0.29) is 41.1 Å². The summed E-state index contributed by atoms with van der Waals surface area (Å²) >= 11 is 0. The normalized spacial score (nSPS) is 23.9. The second-order valence-electron chi connectivity index (χ2n) is 13.3. The fourth-order valence-electron chi connectivity index (χ4n) is 6.88. The van der Waals surface area contributed by atoms with Gasteiger partial charge in [0.15, 0.2) is 11.6 Å². The van der Waals surface area contributed by atoms with Crippen molar-refractivity contribution in [2.24, 2.45) is 5.41 Å². The van der Waals surface area contributed by atoms with Crippen LogP contribution in [-0.4, -0.2) is 104 Å². The van der Waals surface area contributed by atoms with E-state index in [1.54, 1.807) is 6.20 Å². The van der Waals surface area contributed by atoms with Crippen LogP contribution in [0.15, 0.2) is 30.7 Å². The van der Waals surface area contributed by atoms with Gasteiger partial charge in [-0.1, -0.05) is 0 Å². The van der Waals surface area contributed by atoms with Gasteiger partial charge >= 0.3 is 0 Å². The molecule has 0 radical (unpaired) electrons. The molecule has 4 aliphatic rings. The van der Waals surface area contributed by atoms with Gasteiger partial charge in [-0.25, -0.2) is 27.5 Å². The summed E-state index contributed by atoms with van der Waals surface area (Å²) in [5.74, 6) is 0.705. The molecule has 1 N–H and O–H groups in total. The third-order valence-corrected chi connectivity index (χ3v) is 10.0. The first-order valence-electron chi connectivity index (χ1n) is 15.6. The van der Waals surface area contributed by atoms with Gasteiger partial charge in [-0.3, -0.25) is 4.79 Å². The Balaban J connectivity index is 1.05. The Morgan fingerprint density at radius 2 is 1.93 bits per heavy atom. The van der Waals surface area contributed by atoms with Crippen molar-refractivity contribution in [2.75, 3.05) is 50.5 Å². The minimum Gasteiger partial charge on any atom is -0.451 e. The van der Waals surface area contributed by atoms with E-state index in [2.05, 4.69) is 24.5 Å². The molecule has 1 saturated carbocycles. The number of sulfonamides is 1. The lowest BCUT2D eigenvalue weighted by Gasteiger charge is -2.54. The van der Waals surface area contributed by atoms with E-state index in [0.717, 1.165) is 71.2 Å². The summed E-state index contributed by atoms with van der Waals surface area (Å²) in [7, 11) is -3.22. The summed E-state index contributed by atoms with van der Waals surface area (Å²) < 4.78 is 52.3. The zero-order valence-electron chi connectivity index (χ0n) is 25.7.